The molecular weight excluding hydrogens is 262 g/mol. The van der Waals surface area contributed by atoms with Crippen LogP contribution in [0.25, 0.3) is 0 Å². The molecule has 6 heteroatoms. The maximum atomic E-state index is 11.9. The lowest BCUT2D eigenvalue weighted by atomic mass is 10.2. The van der Waals surface area contributed by atoms with Crippen LogP contribution >= 0.6 is 11.6 Å². The maximum Gasteiger partial charge on any atom is 0.240 e. The summed E-state index contributed by atoms with van der Waals surface area (Å²) >= 11 is 5.13. The van der Waals surface area contributed by atoms with Crippen LogP contribution in [0, 0.1) is 13.8 Å². The summed E-state index contributed by atoms with van der Waals surface area (Å²) in [6.45, 7) is 3.63. The molecule has 1 rings (SSSR count). The lowest BCUT2D eigenvalue weighted by Gasteiger charge is -2.09. The minimum Gasteiger partial charge on any atom is -0.281 e. The highest BCUT2D eigenvalue weighted by Crippen LogP contribution is 2.16. The topological polar surface area (TPSA) is 63.2 Å². The molecule has 1 aromatic carbocycles. The highest BCUT2D eigenvalue weighted by atomic mass is 35.5. The molecule has 0 heterocycles. The van der Waals surface area contributed by atoms with E-state index in [1.807, 2.05) is 6.92 Å². The van der Waals surface area contributed by atoms with Crippen LogP contribution in [0.5, 0.6) is 0 Å². The lowest BCUT2D eigenvalue weighted by molar-refractivity contribution is -0.111. The quantitative estimate of drug-likeness (QED) is 0.833. The summed E-state index contributed by atoms with van der Waals surface area (Å²) in [6, 6.07) is 5.07. The Morgan fingerprint density at radius 1 is 1.35 bits per heavy atom. The second-order valence-electron chi connectivity index (χ2n) is 3.77. The number of hydrogen-bond acceptors (Lipinski definition) is 3. The number of hydrogen-bond donors (Lipinski definition) is 1. The number of aryl methyl sites for hydroxylation is 2. The molecule has 0 aromatic heterocycles. The van der Waals surface area contributed by atoms with Crippen molar-refractivity contribution < 1.29 is 13.2 Å². The molecule has 0 aliphatic carbocycles. The van der Waals surface area contributed by atoms with Gasteiger partial charge in [-0.3, -0.25) is 4.79 Å². The van der Waals surface area contributed by atoms with Crippen LogP contribution in [-0.2, 0) is 14.8 Å². The van der Waals surface area contributed by atoms with Crippen LogP contribution < -0.4 is 4.72 Å². The fourth-order valence-electron chi connectivity index (χ4n) is 1.46. The Labute approximate surface area is 106 Å². The lowest BCUT2D eigenvalue weighted by Crippen LogP contribution is -2.26. The summed E-state index contributed by atoms with van der Waals surface area (Å²) in [5.41, 5.74) is 1.67. The Bertz CT molecular complexity index is 526. The van der Waals surface area contributed by atoms with Crippen molar-refractivity contribution in [3.63, 3.8) is 0 Å². The zero-order chi connectivity index (χ0) is 13.1. The van der Waals surface area contributed by atoms with Gasteiger partial charge in [-0.25, -0.2) is 13.1 Å². The first kappa shape index (κ1) is 14.2. The van der Waals surface area contributed by atoms with E-state index in [2.05, 4.69) is 4.72 Å². The van der Waals surface area contributed by atoms with Gasteiger partial charge >= 0.3 is 0 Å². The number of sulfonamides is 1. The van der Waals surface area contributed by atoms with Crippen molar-refractivity contribution >= 4 is 26.9 Å². The van der Waals surface area contributed by atoms with Crippen molar-refractivity contribution in [1.29, 1.82) is 0 Å². The normalized spacial score (nSPS) is 11.5. The molecule has 1 N–H and O–H groups in total. The average Bonchev–Trinajstić information content (AvgIpc) is 2.15. The van der Waals surface area contributed by atoms with Gasteiger partial charge in [0.15, 0.2) is 0 Å². The summed E-state index contributed by atoms with van der Waals surface area (Å²) in [6.07, 6.45) is -0.0221. The van der Waals surface area contributed by atoms with Crippen molar-refractivity contribution in [1.82, 2.24) is 4.72 Å². The average molecular weight is 276 g/mol. The van der Waals surface area contributed by atoms with Gasteiger partial charge in [0.2, 0.25) is 15.3 Å². The van der Waals surface area contributed by atoms with E-state index in [4.69, 9.17) is 11.6 Å². The maximum absolute atomic E-state index is 11.9. The van der Waals surface area contributed by atoms with Crippen molar-refractivity contribution in [2.75, 3.05) is 6.54 Å². The molecule has 0 aliphatic heterocycles. The van der Waals surface area contributed by atoms with E-state index in [-0.39, 0.29) is 17.9 Å². The van der Waals surface area contributed by atoms with E-state index in [0.29, 0.717) is 5.56 Å². The van der Waals surface area contributed by atoms with Gasteiger partial charge in [-0.1, -0.05) is 17.7 Å². The molecule has 0 radical (unpaired) electrons. The Morgan fingerprint density at radius 2 is 2.00 bits per heavy atom. The molecule has 0 saturated carbocycles. The van der Waals surface area contributed by atoms with Gasteiger partial charge in [0.05, 0.1) is 4.90 Å². The molecule has 4 nitrogen and oxygen atoms in total. The zero-order valence-electron chi connectivity index (χ0n) is 9.66. The molecule has 17 heavy (non-hydrogen) atoms. The molecule has 0 fully saturated rings. The predicted molar refractivity (Wildman–Crippen MR) is 66.6 cm³/mol. The highest BCUT2D eigenvalue weighted by Gasteiger charge is 2.16. The molecule has 0 aliphatic rings. The van der Waals surface area contributed by atoms with Crippen LogP contribution in [0.4, 0.5) is 0 Å². The number of benzene rings is 1. The summed E-state index contributed by atoms with van der Waals surface area (Å²) in [5, 5.41) is -0.562. The third-order valence-electron chi connectivity index (χ3n) is 2.23. The Kier molecular flexibility index (Phi) is 4.68. The van der Waals surface area contributed by atoms with Gasteiger partial charge in [0, 0.05) is 13.0 Å². The van der Waals surface area contributed by atoms with E-state index in [0.717, 1.165) is 5.56 Å². The molecule has 0 atom stereocenters. The van der Waals surface area contributed by atoms with Gasteiger partial charge in [-0.2, -0.15) is 0 Å². The molecule has 0 saturated heterocycles. The minimum atomic E-state index is -3.56. The molecule has 1 aromatic rings. The van der Waals surface area contributed by atoms with Crippen molar-refractivity contribution in [2.45, 2.75) is 25.2 Å². The van der Waals surface area contributed by atoms with Crippen LogP contribution in [0.3, 0.4) is 0 Å². The SMILES string of the molecule is Cc1ccc(S(=O)(=O)NCCC(=O)Cl)c(C)c1. The first-order valence-corrected chi connectivity index (χ1v) is 6.94. The van der Waals surface area contributed by atoms with Crippen LogP contribution in [0.1, 0.15) is 17.5 Å². The number of rotatable bonds is 5. The highest BCUT2D eigenvalue weighted by molar-refractivity contribution is 7.89. The second-order valence-corrected chi connectivity index (χ2v) is 5.93. The summed E-state index contributed by atoms with van der Waals surface area (Å²) < 4.78 is 26.1. The number of carbonyl (C=O) groups is 1. The fourth-order valence-corrected chi connectivity index (χ4v) is 2.81. The van der Waals surface area contributed by atoms with E-state index < -0.39 is 15.3 Å². The molecule has 0 spiro atoms. The van der Waals surface area contributed by atoms with E-state index in [1.165, 1.54) is 0 Å². The minimum absolute atomic E-state index is 0.0119. The first-order chi connectivity index (χ1) is 7.83. The van der Waals surface area contributed by atoms with E-state index in [9.17, 15) is 13.2 Å². The van der Waals surface area contributed by atoms with Crippen molar-refractivity contribution in [3.8, 4) is 0 Å². The van der Waals surface area contributed by atoms with E-state index >= 15 is 0 Å². The number of nitrogens with one attached hydrogen (secondary N) is 1. The van der Waals surface area contributed by atoms with Gasteiger partial charge in [-0.15, -0.1) is 0 Å². The fraction of sp³-hybridized carbons (Fsp3) is 0.364. The Balaban J connectivity index is 2.86. The largest absolute Gasteiger partial charge is 0.281 e. The number of halogens is 1. The molecule has 0 unspecified atom stereocenters. The smallest absolute Gasteiger partial charge is 0.240 e. The monoisotopic (exact) mass is 275 g/mol. The molecule has 0 bridgehead atoms. The van der Waals surface area contributed by atoms with Crippen molar-refractivity contribution in [3.05, 3.63) is 29.3 Å². The third kappa shape index (κ3) is 4.11. The zero-order valence-corrected chi connectivity index (χ0v) is 11.2. The van der Waals surface area contributed by atoms with Gasteiger partial charge in [0.1, 0.15) is 0 Å². The van der Waals surface area contributed by atoms with Crippen LogP contribution in [0.15, 0.2) is 23.1 Å². The first-order valence-electron chi connectivity index (χ1n) is 5.08. The summed E-state index contributed by atoms with van der Waals surface area (Å²) in [5.74, 6) is 0. The predicted octanol–water partition coefficient (Wildman–Crippen LogP) is 1.74. The Morgan fingerprint density at radius 3 is 2.53 bits per heavy atom. The Hall–Kier alpha value is -0.910. The molecule has 0 amide bonds. The standard InChI is InChI=1S/C11H14ClNO3S/c1-8-3-4-10(9(2)7-8)17(15,16)13-6-5-11(12)14/h3-4,7,13H,5-6H2,1-2H3. The van der Waals surface area contributed by atoms with Crippen LogP contribution in [-0.4, -0.2) is 20.2 Å². The van der Waals surface area contributed by atoms with E-state index in [1.54, 1.807) is 25.1 Å². The summed E-state index contributed by atoms with van der Waals surface area (Å²) in [7, 11) is -3.56. The van der Waals surface area contributed by atoms with Crippen molar-refractivity contribution in [2.24, 2.45) is 0 Å². The van der Waals surface area contributed by atoms with Crippen LogP contribution in [0.2, 0.25) is 0 Å². The number of carbonyl (C=O) groups excluding carboxylic acids is 1. The molecule has 94 valence electrons. The van der Waals surface area contributed by atoms with Gasteiger partial charge < -0.3 is 0 Å². The van der Waals surface area contributed by atoms with Gasteiger partial charge in [-0.05, 0) is 37.1 Å². The molecular formula is C11H14ClNO3S. The summed E-state index contributed by atoms with van der Waals surface area (Å²) in [4.78, 5) is 10.7. The third-order valence-corrected chi connectivity index (χ3v) is 4.04. The second kappa shape index (κ2) is 5.62. The van der Waals surface area contributed by atoms with Gasteiger partial charge in [0.25, 0.3) is 0 Å².